The minimum atomic E-state index is -0.631. The molecule has 0 saturated carbocycles. The van der Waals surface area contributed by atoms with E-state index in [1.165, 1.54) is 12.1 Å². The summed E-state index contributed by atoms with van der Waals surface area (Å²) < 4.78 is 13.1. The summed E-state index contributed by atoms with van der Waals surface area (Å²) in [7, 11) is 0. The lowest BCUT2D eigenvalue weighted by Gasteiger charge is -2.20. The van der Waals surface area contributed by atoms with Crippen LogP contribution in [0.3, 0.4) is 0 Å². The Bertz CT molecular complexity index is 303. The van der Waals surface area contributed by atoms with E-state index in [2.05, 4.69) is 0 Å². The number of rotatable bonds is 4. The molecule has 1 N–H and O–H groups in total. The minimum Gasteiger partial charge on any atom is -0.388 e. The average molecular weight is 231 g/mol. The molecule has 1 aromatic rings. The van der Waals surface area contributed by atoms with Crippen LogP contribution in [0, 0.1) is 11.7 Å². The van der Waals surface area contributed by atoms with Crippen LogP contribution in [-0.2, 0) is 0 Å². The molecule has 1 aromatic carbocycles. The first-order valence-electron chi connectivity index (χ1n) is 5.22. The Hall–Kier alpha value is -0.600. The van der Waals surface area contributed by atoms with Crippen molar-refractivity contribution in [2.45, 2.75) is 32.8 Å². The highest BCUT2D eigenvalue weighted by atomic mass is 35.5. The molecule has 0 aliphatic carbocycles. The van der Waals surface area contributed by atoms with E-state index in [4.69, 9.17) is 11.6 Å². The van der Waals surface area contributed by atoms with Crippen molar-refractivity contribution in [3.05, 3.63) is 34.6 Å². The molecule has 0 amide bonds. The van der Waals surface area contributed by atoms with Gasteiger partial charge in [0.2, 0.25) is 0 Å². The third-order valence-corrected chi connectivity index (χ3v) is 2.94. The SMILES string of the molecule is CCC(CC)C(O)c1cc(F)cc(Cl)c1. The second-order valence-electron chi connectivity index (χ2n) is 3.72. The Morgan fingerprint density at radius 2 is 1.87 bits per heavy atom. The van der Waals surface area contributed by atoms with Crippen molar-refractivity contribution in [1.82, 2.24) is 0 Å². The fourth-order valence-corrected chi connectivity index (χ4v) is 1.98. The maximum atomic E-state index is 13.1. The number of aliphatic hydroxyl groups is 1. The van der Waals surface area contributed by atoms with Gasteiger partial charge in [-0.1, -0.05) is 38.3 Å². The molecule has 15 heavy (non-hydrogen) atoms. The van der Waals surface area contributed by atoms with E-state index < -0.39 is 11.9 Å². The van der Waals surface area contributed by atoms with Gasteiger partial charge in [0.25, 0.3) is 0 Å². The zero-order chi connectivity index (χ0) is 11.4. The lowest BCUT2D eigenvalue weighted by atomic mass is 9.91. The van der Waals surface area contributed by atoms with E-state index in [1.807, 2.05) is 13.8 Å². The van der Waals surface area contributed by atoms with Gasteiger partial charge in [-0.25, -0.2) is 4.39 Å². The van der Waals surface area contributed by atoms with Crippen molar-refractivity contribution in [3.63, 3.8) is 0 Å². The molecule has 1 atom stereocenters. The molecule has 1 unspecified atom stereocenters. The van der Waals surface area contributed by atoms with Gasteiger partial charge in [0.05, 0.1) is 6.10 Å². The summed E-state index contributed by atoms with van der Waals surface area (Å²) in [5.41, 5.74) is 0.564. The highest BCUT2D eigenvalue weighted by Gasteiger charge is 2.18. The van der Waals surface area contributed by atoms with Crippen LogP contribution in [0.4, 0.5) is 4.39 Å². The Balaban J connectivity index is 2.94. The molecule has 0 heterocycles. The maximum absolute atomic E-state index is 13.1. The van der Waals surface area contributed by atoms with Gasteiger partial charge in [-0.05, 0) is 29.7 Å². The summed E-state index contributed by atoms with van der Waals surface area (Å²) in [4.78, 5) is 0. The largest absolute Gasteiger partial charge is 0.388 e. The molecule has 0 radical (unpaired) electrons. The van der Waals surface area contributed by atoms with E-state index >= 15 is 0 Å². The van der Waals surface area contributed by atoms with Crippen LogP contribution in [0.1, 0.15) is 38.4 Å². The van der Waals surface area contributed by atoms with Crippen LogP contribution < -0.4 is 0 Å². The fourth-order valence-electron chi connectivity index (χ4n) is 1.75. The molecule has 0 aliphatic heterocycles. The molecule has 0 aromatic heterocycles. The van der Waals surface area contributed by atoms with E-state index in [-0.39, 0.29) is 5.92 Å². The van der Waals surface area contributed by atoms with Crippen LogP contribution in [0.5, 0.6) is 0 Å². The van der Waals surface area contributed by atoms with E-state index in [0.29, 0.717) is 10.6 Å². The first-order valence-corrected chi connectivity index (χ1v) is 5.60. The third kappa shape index (κ3) is 3.18. The van der Waals surface area contributed by atoms with Crippen LogP contribution >= 0.6 is 11.6 Å². The Morgan fingerprint density at radius 1 is 1.27 bits per heavy atom. The smallest absolute Gasteiger partial charge is 0.125 e. The van der Waals surface area contributed by atoms with E-state index in [1.54, 1.807) is 6.07 Å². The van der Waals surface area contributed by atoms with Crippen LogP contribution in [0.2, 0.25) is 5.02 Å². The predicted molar refractivity (Wildman–Crippen MR) is 60.4 cm³/mol. The standard InChI is InChI=1S/C12H16ClFO/c1-3-8(4-2)12(15)9-5-10(13)7-11(14)6-9/h5-8,12,15H,3-4H2,1-2H3. The van der Waals surface area contributed by atoms with Crippen LogP contribution in [0.25, 0.3) is 0 Å². The zero-order valence-electron chi connectivity index (χ0n) is 9.00. The van der Waals surface area contributed by atoms with Gasteiger partial charge in [-0.2, -0.15) is 0 Å². The number of benzene rings is 1. The Morgan fingerprint density at radius 3 is 2.33 bits per heavy atom. The lowest BCUT2D eigenvalue weighted by molar-refractivity contribution is 0.103. The van der Waals surface area contributed by atoms with Crippen molar-refractivity contribution >= 4 is 11.6 Å². The number of hydrogen-bond donors (Lipinski definition) is 1. The summed E-state index contributed by atoms with van der Waals surface area (Å²) in [5.74, 6) is -0.245. The first-order chi connectivity index (χ1) is 7.08. The average Bonchev–Trinajstić information content (AvgIpc) is 2.18. The molecule has 0 saturated heterocycles. The van der Waals surface area contributed by atoms with Gasteiger partial charge < -0.3 is 5.11 Å². The molecular formula is C12H16ClFO. The number of halogens is 2. The predicted octanol–water partition coefficient (Wildman–Crippen LogP) is 3.95. The maximum Gasteiger partial charge on any atom is 0.125 e. The molecule has 1 nitrogen and oxygen atoms in total. The minimum absolute atomic E-state index is 0.155. The normalized spacial score (nSPS) is 13.2. The van der Waals surface area contributed by atoms with Gasteiger partial charge in [0, 0.05) is 5.02 Å². The second kappa shape index (κ2) is 5.47. The van der Waals surface area contributed by atoms with Crippen molar-refractivity contribution < 1.29 is 9.50 Å². The fraction of sp³-hybridized carbons (Fsp3) is 0.500. The first kappa shape index (κ1) is 12.5. The molecule has 1 rings (SSSR count). The van der Waals surface area contributed by atoms with Crippen molar-refractivity contribution in [2.24, 2.45) is 5.92 Å². The quantitative estimate of drug-likeness (QED) is 0.831. The molecule has 3 heteroatoms. The summed E-state index contributed by atoms with van der Waals surface area (Å²) in [6.07, 6.45) is 1.10. The lowest BCUT2D eigenvalue weighted by Crippen LogP contribution is -2.11. The van der Waals surface area contributed by atoms with Gasteiger partial charge in [-0.15, -0.1) is 0 Å². The van der Waals surface area contributed by atoms with Crippen molar-refractivity contribution in [3.8, 4) is 0 Å². The zero-order valence-corrected chi connectivity index (χ0v) is 9.76. The second-order valence-corrected chi connectivity index (χ2v) is 4.16. The highest BCUT2D eigenvalue weighted by Crippen LogP contribution is 2.29. The molecular weight excluding hydrogens is 215 g/mol. The molecule has 0 bridgehead atoms. The number of hydrogen-bond acceptors (Lipinski definition) is 1. The van der Waals surface area contributed by atoms with Crippen molar-refractivity contribution in [1.29, 1.82) is 0 Å². The number of aliphatic hydroxyl groups excluding tert-OH is 1. The van der Waals surface area contributed by atoms with Gasteiger partial charge >= 0.3 is 0 Å². The van der Waals surface area contributed by atoms with Gasteiger partial charge in [0.15, 0.2) is 0 Å². The third-order valence-electron chi connectivity index (χ3n) is 2.72. The monoisotopic (exact) mass is 230 g/mol. The molecule has 0 spiro atoms. The van der Waals surface area contributed by atoms with Gasteiger partial charge in [-0.3, -0.25) is 0 Å². The van der Waals surface area contributed by atoms with E-state index in [0.717, 1.165) is 12.8 Å². The molecule has 0 aliphatic rings. The molecule has 0 fully saturated rings. The highest BCUT2D eigenvalue weighted by molar-refractivity contribution is 6.30. The summed E-state index contributed by atoms with van der Waals surface area (Å²) >= 11 is 5.73. The van der Waals surface area contributed by atoms with Crippen LogP contribution in [0.15, 0.2) is 18.2 Å². The van der Waals surface area contributed by atoms with Gasteiger partial charge in [0.1, 0.15) is 5.82 Å². The summed E-state index contributed by atoms with van der Waals surface area (Å²) in [6, 6.07) is 4.20. The van der Waals surface area contributed by atoms with Crippen molar-refractivity contribution in [2.75, 3.05) is 0 Å². The van der Waals surface area contributed by atoms with Crippen LogP contribution in [-0.4, -0.2) is 5.11 Å². The summed E-state index contributed by atoms with van der Waals surface area (Å²) in [5, 5.41) is 10.3. The topological polar surface area (TPSA) is 20.2 Å². The Labute approximate surface area is 94.9 Å². The molecule has 84 valence electrons. The Kier molecular flexibility index (Phi) is 4.55. The summed E-state index contributed by atoms with van der Waals surface area (Å²) in [6.45, 7) is 4.02. The van der Waals surface area contributed by atoms with E-state index in [9.17, 15) is 9.50 Å².